The Bertz CT molecular complexity index is 703. The van der Waals surface area contributed by atoms with Crippen LogP contribution in [0, 0.1) is 0 Å². The Morgan fingerprint density at radius 1 is 0.917 bits per heavy atom. The summed E-state index contributed by atoms with van der Waals surface area (Å²) in [6.07, 6.45) is -2.03. The van der Waals surface area contributed by atoms with E-state index >= 15 is 0 Å². The molecule has 126 valence electrons. The van der Waals surface area contributed by atoms with Crippen molar-refractivity contribution < 1.29 is 18.0 Å². The third-order valence-electron chi connectivity index (χ3n) is 4.07. The normalized spacial score (nSPS) is 14.7. The highest BCUT2D eigenvalue weighted by molar-refractivity contribution is 6.04. The second-order valence-corrected chi connectivity index (χ2v) is 5.77. The molecule has 2 aromatic rings. The molecule has 24 heavy (non-hydrogen) atoms. The molecule has 0 aromatic heterocycles. The first kappa shape index (κ1) is 16.4. The molecule has 0 bridgehead atoms. The number of alkyl halides is 3. The van der Waals surface area contributed by atoms with E-state index in [4.69, 9.17) is 0 Å². The zero-order chi connectivity index (χ0) is 17.2. The van der Waals surface area contributed by atoms with Crippen LogP contribution in [-0.2, 0) is 6.18 Å². The number of carbonyl (C=O) groups excluding carboxylic acids is 1. The topological polar surface area (TPSA) is 32.3 Å². The molecule has 1 aliphatic rings. The van der Waals surface area contributed by atoms with Crippen LogP contribution in [0.3, 0.4) is 0 Å². The molecule has 0 aliphatic carbocycles. The van der Waals surface area contributed by atoms with Crippen molar-refractivity contribution in [2.45, 2.75) is 19.0 Å². The summed E-state index contributed by atoms with van der Waals surface area (Å²) < 4.78 is 37.6. The fraction of sp³-hybridized carbons (Fsp3) is 0.278. The smallest absolute Gasteiger partial charge is 0.372 e. The van der Waals surface area contributed by atoms with Crippen LogP contribution in [0.5, 0.6) is 0 Å². The van der Waals surface area contributed by atoms with Gasteiger partial charge < -0.3 is 10.2 Å². The van der Waals surface area contributed by atoms with Crippen LogP contribution in [0.1, 0.15) is 28.8 Å². The molecule has 1 heterocycles. The second-order valence-electron chi connectivity index (χ2n) is 5.77. The van der Waals surface area contributed by atoms with E-state index in [-0.39, 0.29) is 5.91 Å². The summed E-state index contributed by atoms with van der Waals surface area (Å²) in [7, 11) is 0. The lowest BCUT2D eigenvalue weighted by Crippen LogP contribution is -2.18. The van der Waals surface area contributed by atoms with Gasteiger partial charge in [0.05, 0.1) is 5.56 Å². The van der Waals surface area contributed by atoms with Crippen LogP contribution in [0.15, 0.2) is 48.5 Å². The van der Waals surface area contributed by atoms with Gasteiger partial charge in [0.25, 0.3) is 5.91 Å². The van der Waals surface area contributed by atoms with E-state index in [1.165, 1.54) is 25.0 Å². The van der Waals surface area contributed by atoms with Gasteiger partial charge in [0.1, 0.15) is 0 Å². The Hall–Kier alpha value is -2.50. The van der Waals surface area contributed by atoms with Gasteiger partial charge in [-0.25, -0.2) is 0 Å². The molecule has 3 rings (SSSR count). The Morgan fingerprint density at radius 3 is 2.04 bits per heavy atom. The molecular weight excluding hydrogens is 317 g/mol. The number of rotatable bonds is 3. The van der Waals surface area contributed by atoms with E-state index in [0.717, 1.165) is 30.9 Å². The molecule has 0 unspecified atom stereocenters. The number of benzene rings is 2. The quantitative estimate of drug-likeness (QED) is 0.892. The van der Waals surface area contributed by atoms with E-state index in [1.807, 2.05) is 12.1 Å². The number of amides is 1. The van der Waals surface area contributed by atoms with Crippen LogP contribution in [0.2, 0.25) is 0 Å². The van der Waals surface area contributed by atoms with Crippen LogP contribution < -0.4 is 10.2 Å². The van der Waals surface area contributed by atoms with Crippen molar-refractivity contribution in [2.75, 3.05) is 23.3 Å². The molecule has 0 radical (unpaired) electrons. The monoisotopic (exact) mass is 334 g/mol. The number of nitrogens with one attached hydrogen (secondary N) is 1. The minimum absolute atomic E-state index is 0.330. The molecule has 1 fully saturated rings. The number of nitrogens with zero attached hydrogens (tertiary/aromatic N) is 1. The van der Waals surface area contributed by atoms with Gasteiger partial charge in [-0.1, -0.05) is 0 Å². The summed E-state index contributed by atoms with van der Waals surface area (Å²) >= 11 is 0. The lowest BCUT2D eigenvalue weighted by Gasteiger charge is -2.17. The molecule has 1 amide bonds. The second kappa shape index (κ2) is 6.55. The summed E-state index contributed by atoms with van der Waals surface area (Å²) in [5.74, 6) is -0.345. The van der Waals surface area contributed by atoms with Crippen LogP contribution in [0.25, 0.3) is 0 Å². The van der Waals surface area contributed by atoms with Crippen molar-refractivity contribution in [1.29, 1.82) is 0 Å². The predicted octanol–water partition coefficient (Wildman–Crippen LogP) is 4.56. The van der Waals surface area contributed by atoms with Gasteiger partial charge in [-0.3, -0.25) is 4.79 Å². The average Bonchev–Trinajstić information content (AvgIpc) is 3.09. The van der Waals surface area contributed by atoms with Gasteiger partial charge in [-0.05, 0) is 61.4 Å². The SMILES string of the molecule is O=C(Nc1ccc(C(F)(F)F)cc1)c1ccc(N2CCCC2)cc1. The Morgan fingerprint density at radius 2 is 1.50 bits per heavy atom. The van der Waals surface area contributed by atoms with E-state index in [2.05, 4.69) is 10.2 Å². The van der Waals surface area contributed by atoms with Crippen LogP contribution in [0.4, 0.5) is 24.5 Å². The number of hydrogen-bond acceptors (Lipinski definition) is 2. The summed E-state index contributed by atoms with van der Waals surface area (Å²) in [6, 6.07) is 11.6. The zero-order valence-electron chi connectivity index (χ0n) is 12.9. The third-order valence-corrected chi connectivity index (χ3v) is 4.07. The maximum Gasteiger partial charge on any atom is 0.416 e. The molecule has 3 nitrogen and oxygen atoms in total. The maximum atomic E-state index is 12.5. The first-order chi connectivity index (χ1) is 11.4. The lowest BCUT2D eigenvalue weighted by atomic mass is 10.1. The number of hydrogen-bond donors (Lipinski definition) is 1. The van der Waals surface area contributed by atoms with Crippen molar-refractivity contribution in [3.05, 3.63) is 59.7 Å². The van der Waals surface area contributed by atoms with Gasteiger partial charge in [0.15, 0.2) is 0 Å². The van der Waals surface area contributed by atoms with Gasteiger partial charge in [0, 0.05) is 30.0 Å². The van der Waals surface area contributed by atoms with E-state index in [9.17, 15) is 18.0 Å². The van der Waals surface area contributed by atoms with Gasteiger partial charge in [-0.15, -0.1) is 0 Å². The Labute approximate surface area is 138 Å². The fourth-order valence-electron chi connectivity index (χ4n) is 2.74. The highest BCUT2D eigenvalue weighted by atomic mass is 19.4. The standard InChI is InChI=1S/C18H17F3N2O/c19-18(20,21)14-5-7-15(8-6-14)22-17(24)13-3-9-16(10-4-13)23-11-1-2-12-23/h3-10H,1-2,11-12H2,(H,22,24). The average molecular weight is 334 g/mol. The van der Waals surface area contributed by atoms with Crippen molar-refractivity contribution in [1.82, 2.24) is 0 Å². The first-order valence-corrected chi connectivity index (χ1v) is 7.77. The summed E-state index contributed by atoms with van der Waals surface area (Å²) in [5.41, 5.74) is 1.14. The van der Waals surface area contributed by atoms with Crippen molar-refractivity contribution in [3.8, 4) is 0 Å². The number of carbonyl (C=O) groups is 1. The Kier molecular flexibility index (Phi) is 4.46. The third kappa shape index (κ3) is 3.69. The lowest BCUT2D eigenvalue weighted by molar-refractivity contribution is -0.137. The van der Waals surface area contributed by atoms with Crippen molar-refractivity contribution in [3.63, 3.8) is 0 Å². The minimum Gasteiger partial charge on any atom is -0.372 e. The molecule has 0 atom stereocenters. The molecule has 0 saturated carbocycles. The van der Waals surface area contributed by atoms with Gasteiger partial charge in [0.2, 0.25) is 0 Å². The largest absolute Gasteiger partial charge is 0.416 e. The van der Waals surface area contributed by atoms with E-state index in [1.54, 1.807) is 12.1 Å². The highest BCUT2D eigenvalue weighted by Crippen LogP contribution is 2.30. The van der Waals surface area contributed by atoms with E-state index < -0.39 is 11.7 Å². The fourth-order valence-corrected chi connectivity index (χ4v) is 2.74. The molecule has 6 heteroatoms. The molecule has 1 N–H and O–H groups in total. The summed E-state index contributed by atoms with van der Waals surface area (Å²) in [4.78, 5) is 14.4. The number of anilines is 2. The molecule has 1 saturated heterocycles. The first-order valence-electron chi connectivity index (χ1n) is 7.77. The molecule has 2 aromatic carbocycles. The number of halogens is 3. The van der Waals surface area contributed by atoms with Crippen molar-refractivity contribution >= 4 is 17.3 Å². The Balaban J connectivity index is 1.66. The summed E-state index contributed by atoms with van der Waals surface area (Å²) in [6.45, 7) is 2.05. The minimum atomic E-state index is -4.38. The molecular formula is C18H17F3N2O. The molecule has 0 spiro atoms. The highest BCUT2D eigenvalue weighted by Gasteiger charge is 2.30. The van der Waals surface area contributed by atoms with Gasteiger partial charge >= 0.3 is 6.18 Å². The summed E-state index contributed by atoms with van der Waals surface area (Å²) in [5, 5.41) is 2.61. The van der Waals surface area contributed by atoms with E-state index in [0.29, 0.717) is 11.3 Å². The molecule has 1 aliphatic heterocycles. The zero-order valence-corrected chi connectivity index (χ0v) is 12.9. The van der Waals surface area contributed by atoms with Crippen molar-refractivity contribution in [2.24, 2.45) is 0 Å². The van der Waals surface area contributed by atoms with Crippen LogP contribution >= 0.6 is 0 Å². The van der Waals surface area contributed by atoms with Crippen LogP contribution in [-0.4, -0.2) is 19.0 Å². The van der Waals surface area contributed by atoms with Gasteiger partial charge in [-0.2, -0.15) is 13.2 Å². The predicted molar refractivity (Wildman–Crippen MR) is 87.3 cm³/mol. The maximum absolute atomic E-state index is 12.5.